The van der Waals surface area contributed by atoms with E-state index in [2.05, 4.69) is 39.6 Å². The highest BCUT2D eigenvalue weighted by Crippen LogP contribution is 2.35. The van der Waals surface area contributed by atoms with Crippen LogP contribution in [-0.2, 0) is 19.3 Å². The maximum absolute atomic E-state index is 12.7. The maximum atomic E-state index is 12.7. The third-order valence-electron chi connectivity index (χ3n) is 4.42. The fourth-order valence-corrected chi connectivity index (χ4v) is 3.67. The van der Waals surface area contributed by atoms with E-state index >= 15 is 0 Å². The van der Waals surface area contributed by atoms with Crippen molar-refractivity contribution in [2.45, 2.75) is 19.3 Å². The van der Waals surface area contributed by atoms with Crippen molar-refractivity contribution in [2.24, 2.45) is 0 Å². The summed E-state index contributed by atoms with van der Waals surface area (Å²) in [5.74, 6) is 0. The summed E-state index contributed by atoms with van der Waals surface area (Å²) in [4.78, 5) is 7.17. The highest BCUT2D eigenvalue weighted by molar-refractivity contribution is 7.15. The topological polar surface area (TPSA) is 42.7 Å². The van der Waals surface area contributed by atoms with Crippen LogP contribution in [-0.4, -0.2) is 14.5 Å². The average Bonchev–Trinajstić information content (AvgIpc) is 3.39. The molecule has 8 heteroatoms. The monoisotopic (exact) mass is 414 g/mol. The highest BCUT2D eigenvalue weighted by atomic mass is 32.1. The summed E-state index contributed by atoms with van der Waals surface area (Å²) < 4.78 is 40.2. The van der Waals surface area contributed by atoms with Crippen molar-refractivity contribution in [2.75, 3.05) is 5.32 Å². The SMILES string of the molecule is FC(F)(F)c1cnc(NCc2ccccc2-c2ccc(Cn3ccnc3)cc2)s1. The molecule has 0 atom stereocenters. The molecule has 2 aromatic heterocycles. The van der Waals surface area contributed by atoms with Crippen molar-refractivity contribution in [3.63, 3.8) is 0 Å². The van der Waals surface area contributed by atoms with Crippen LogP contribution >= 0.6 is 11.3 Å². The molecule has 0 bridgehead atoms. The van der Waals surface area contributed by atoms with E-state index in [1.54, 1.807) is 12.5 Å². The second-order valence-electron chi connectivity index (χ2n) is 6.47. The Labute approximate surface area is 169 Å². The first-order valence-corrected chi connectivity index (χ1v) is 9.70. The normalized spacial score (nSPS) is 11.6. The second-order valence-corrected chi connectivity index (χ2v) is 7.50. The van der Waals surface area contributed by atoms with E-state index in [4.69, 9.17) is 0 Å². The van der Waals surface area contributed by atoms with Crippen LogP contribution in [0.2, 0.25) is 0 Å². The first-order valence-electron chi connectivity index (χ1n) is 8.89. The Kier molecular flexibility index (Phi) is 5.35. The van der Waals surface area contributed by atoms with E-state index in [-0.39, 0.29) is 5.13 Å². The second kappa shape index (κ2) is 8.08. The van der Waals surface area contributed by atoms with Gasteiger partial charge in [0.1, 0.15) is 4.88 Å². The summed E-state index contributed by atoms with van der Waals surface area (Å²) >= 11 is 0.610. The van der Waals surface area contributed by atoms with Gasteiger partial charge in [-0.1, -0.05) is 59.9 Å². The van der Waals surface area contributed by atoms with Crippen LogP contribution in [0.5, 0.6) is 0 Å². The predicted octanol–water partition coefficient (Wildman–Crippen LogP) is 5.69. The van der Waals surface area contributed by atoms with E-state index in [0.717, 1.165) is 35.0 Å². The van der Waals surface area contributed by atoms with Crippen molar-refractivity contribution in [1.82, 2.24) is 14.5 Å². The molecule has 4 aromatic rings. The molecule has 4 nitrogen and oxygen atoms in total. The number of nitrogens with one attached hydrogen (secondary N) is 1. The van der Waals surface area contributed by atoms with Gasteiger partial charge in [0, 0.05) is 25.5 Å². The van der Waals surface area contributed by atoms with Gasteiger partial charge in [0.2, 0.25) is 0 Å². The lowest BCUT2D eigenvalue weighted by atomic mass is 9.98. The molecule has 0 radical (unpaired) electrons. The van der Waals surface area contributed by atoms with E-state index in [0.29, 0.717) is 17.9 Å². The van der Waals surface area contributed by atoms with Gasteiger partial charge in [-0.05, 0) is 22.3 Å². The fraction of sp³-hybridized carbons (Fsp3) is 0.143. The molecule has 0 aliphatic carbocycles. The Bertz CT molecular complexity index is 1070. The van der Waals surface area contributed by atoms with Crippen LogP contribution in [0.4, 0.5) is 18.3 Å². The zero-order valence-corrected chi connectivity index (χ0v) is 16.0. The molecule has 1 N–H and O–H groups in total. The maximum Gasteiger partial charge on any atom is 0.427 e. The summed E-state index contributed by atoms with van der Waals surface area (Å²) in [6, 6.07) is 16.1. The molecule has 4 rings (SSSR count). The lowest BCUT2D eigenvalue weighted by Gasteiger charge is -2.11. The van der Waals surface area contributed by atoms with E-state index < -0.39 is 11.1 Å². The number of rotatable bonds is 6. The summed E-state index contributed by atoms with van der Waals surface area (Å²) in [7, 11) is 0. The minimum absolute atomic E-state index is 0.253. The first-order chi connectivity index (χ1) is 14.0. The largest absolute Gasteiger partial charge is 0.427 e. The Balaban J connectivity index is 1.48. The van der Waals surface area contributed by atoms with Gasteiger partial charge in [0.05, 0.1) is 12.5 Å². The minimum atomic E-state index is -4.37. The Morgan fingerprint density at radius 3 is 2.52 bits per heavy atom. The first kappa shape index (κ1) is 19.2. The zero-order chi connectivity index (χ0) is 20.3. The molecule has 0 unspecified atom stereocenters. The summed E-state index contributed by atoms with van der Waals surface area (Å²) in [5.41, 5.74) is 4.22. The molecule has 2 heterocycles. The molecule has 0 aliphatic rings. The van der Waals surface area contributed by atoms with Gasteiger partial charge in [-0.2, -0.15) is 13.2 Å². The Morgan fingerprint density at radius 1 is 1.03 bits per heavy atom. The summed E-state index contributed by atoms with van der Waals surface area (Å²) in [5, 5.41) is 3.25. The lowest BCUT2D eigenvalue weighted by Crippen LogP contribution is -2.01. The average molecular weight is 414 g/mol. The Hall–Kier alpha value is -3.13. The van der Waals surface area contributed by atoms with Gasteiger partial charge in [-0.15, -0.1) is 0 Å². The van der Waals surface area contributed by atoms with Crippen molar-refractivity contribution in [3.05, 3.63) is 89.5 Å². The smallest absolute Gasteiger partial charge is 0.357 e. The summed E-state index contributed by atoms with van der Waals surface area (Å²) in [6.07, 6.45) is 1.93. The number of anilines is 1. The van der Waals surface area contributed by atoms with Crippen LogP contribution in [0.1, 0.15) is 16.0 Å². The van der Waals surface area contributed by atoms with Crippen LogP contribution in [0.25, 0.3) is 11.1 Å². The van der Waals surface area contributed by atoms with Gasteiger partial charge in [0.15, 0.2) is 5.13 Å². The van der Waals surface area contributed by atoms with Crippen LogP contribution < -0.4 is 5.32 Å². The van der Waals surface area contributed by atoms with E-state index in [1.807, 2.05) is 35.0 Å². The van der Waals surface area contributed by atoms with Crippen LogP contribution in [0.15, 0.2) is 73.4 Å². The molecule has 0 saturated heterocycles. The quantitative estimate of drug-likeness (QED) is 0.441. The van der Waals surface area contributed by atoms with Gasteiger partial charge in [-0.25, -0.2) is 9.97 Å². The molecular weight excluding hydrogens is 397 g/mol. The molecule has 29 heavy (non-hydrogen) atoms. The third-order valence-corrected chi connectivity index (χ3v) is 5.42. The molecule has 0 amide bonds. The van der Waals surface area contributed by atoms with Crippen molar-refractivity contribution >= 4 is 16.5 Å². The standard InChI is InChI=1S/C21H17F3N4S/c22-21(23,24)19-12-27-20(29-19)26-11-17-3-1-2-4-18(17)16-7-5-15(6-8-16)13-28-10-9-25-14-28/h1-10,12,14H,11,13H2,(H,26,27). The number of imidazole rings is 1. The van der Waals surface area contributed by atoms with Crippen molar-refractivity contribution < 1.29 is 13.2 Å². The van der Waals surface area contributed by atoms with Crippen molar-refractivity contribution in [1.29, 1.82) is 0 Å². The zero-order valence-electron chi connectivity index (χ0n) is 15.2. The molecule has 0 spiro atoms. The number of aromatic nitrogens is 3. The fourth-order valence-electron chi connectivity index (χ4n) is 2.99. The van der Waals surface area contributed by atoms with Gasteiger partial charge in [-0.3, -0.25) is 0 Å². The number of thiazole rings is 1. The minimum Gasteiger partial charge on any atom is -0.357 e. The van der Waals surface area contributed by atoms with Crippen LogP contribution in [0.3, 0.4) is 0 Å². The number of benzene rings is 2. The number of hydrogen-bond donors (Lipinski definition) is 1. The third kappa shape index (κ3) is 4.65. The molecule has 2 aromatic carbocycles. The van der Waals surface area contributed by atoms with Gasteiger partial charge >= 0.3 is 6.18 Å². The molecule has 0 saturated carbocycles. The van der Waals surface area contributed by atoms with E-state index in [1.165, 1.54) is 0 Å². The summed E-state index contributed by atoms with van der Waals surface area (Å²) in [6.45, 7) is 1.13. The lowest BCUT2D eigenvalue weighted by molar-refractivity contribution is -0.134. The highest BCUT2D eigenvalue weighted by Gasteiger charge is 2.33. The number of nitrogens with zero attached hydrogens (tertiary/aromatic N) is 3. The van der Waals surface area contributed by atoms with Gasteiger partial charge in [0.25, 0.3) is 0 Å². The number of halogens is 3. The van der Waals surface area contributed by atoms with Crippen molar-refractivity contribution in [3.8, 4) is 11.1 Å². The number of hydrogen-bond acceptors (Lipinski definition) is 4. The Morgan fingerprint density at radius 2 is 1.83 bits per heavy atom. The molecule has 0 aliphatic heterocycles. The predicted molar refractivity (Wildman–Crippen MR) is 108 cm³/mol. The van der Waals surface area contributed by atoms with Gasteiger partial charge < -0.3 is 9.88 Å². The van der Waals surface area contributed by atoms with Crippen LogP contribution in [0, 0.1) is 0 Å². The molecule has 0 fully saturated rings. The molecule has 148 valence electrons. The number of alkyl halides is 3. The molecular formula is C21H17F3N4S. The van der Waals surface area contributed by atoms with E-state index in [9.17, 15) is 13.2 Å².